The maximum absolute atomic E-state index is 12.4. The van der Waals surface area contributed by atoms with E-state index in [1.54, 1.807) is 0 Å². The molecular formula is C14H27N3O. The Balaban J connectivity index is 1.78. The van der Waals surface area contributed by atoms with Crippen LogP contribution in [-0.2, 0) is 4.79 Å². The Morgan fingerprint density at radius 1 is 1.22 bits per heavy atom. The van der Waals surface area contributed by atoms with Gasteiger partial charge in [-0.1, -0.05) is 6.92 Å². The van der Waals surface area contributed by atoms with Gasteiger partial charge < -0.3 is 15.1 Å². The van der Waals surface area contributed by atoms with E-state index >= 15 is 0 Å². The summed E-state index contributed by atoms with van der Waals surface area (Å²) in [6.45, 7) is 8.49. The van der Waals surface area contributed by atoms with Crippen molar-refractivity contribution >= 4 is 5.91 Å². The van der Waals surface area contributed by atoms with Crippen molar-refractivity contribution in [3.8, 4) is 0 Å². The lowest BCUT2D eigenvalue weighted by Crippen LogP contribution is -2.42. The van der Waals surface area contributed by atoms with Crippen LogP contribution in [0.3, 0.4) is 0 Å². The number of hydrogen-bond acceptors (Lipinski definition) is 3. The van der Waals surface area contributed by atoms with Gasteiger partial charge in [0.2, 0.25) is 5.91 Å². The molecule has 0 aromatic rings. The third kappa shape index (κ3) is 3.23. The minimum absolute atomic E-state index is 0.293. The van der Waals surface area contributed by atoms with E-state index < -0.39 is 0 Å². The number of carbonyl (C=O) groups excluding carboxylic acids is 1. The van der Waals surface area contributed by atoms with E-state index in [9.17, 15) is 4.79 Å². The largest absolute Gasteiger partial charge is 0.342 e. The first-order valence-electron chi connectivity index (χ1n) is 7.40. The van der Waals surface area contributed by atoms with Crippen LogP contribution in [0, 0.1) is 11.8 Å². The number of nitrogens with one attached hydrogen (secondary N) is 1. The molecule has 4 nitrogen and oxygen atoms in total. The third-order valence-corrected chi connectivity index (χ3v) is 4.47. The van der Waals surface area contributed by atoms with Crippen LogP contribution in [0.1, 0.15) is 26.2 Å². The molecule has 2 saturated heterocycles. The van der Waals surface area contributed by atoms with Gasteiger partial charge in [-0.3, -0.25) is 4.79 Å². The maximum atomic E-state index is 12.4. The highest BCUT2D eigenvalue weighted by Gasteiger charge is 2.32. The molecule has 1 atom stereocenters. The Labute approximate surface area is 111 Å². The second-order valence-electron chi connectivity index (χ2n) is 5.71. The quantitative estimate of drug-likeness (QED) is 0.804. The van der Waals surface area contributed by atoms with Crippen molar-refractivity contribution < 1.29 is 4.79 Å². The van der Waals surface area contributed by atoms with E-state index in [0.717, 1.165) is 52.1 Å². The van der Waals surface area contributed by atoms with Gasteiger partial charge in [0.25, 0.3) is 0 Å². The summed E-state index contributed by atoms with van der Waals surface area (Å²) < 4.78 is 0. The van der Waals surface area contributed by atoms with Crippen LogP contribution in [0.25, 0.3) is 0 Å². The molecule has 18 heavy (non-hydrogen) atoms. The van der Waals surface area contributed by atoms with Gasteiger partial charge in [-0.2, -0.15) is 0 Å². The highest BCUT2D eigenvalue weighted by Crippen LogP contribution is 2.23. The van der Waals surface area contributed by atoms with Gasteiger partial charge in [0, 0.05) is 19.0 Å². The normalized spacial score (nSPS) is 26.8. The number of piperidine rings is 1. The number of amides is 1. The lowest BCUT2D eigenvalue weighted by atomic mass is 9.95. The highest BCUT2D eigenvalue weighted by molar-refractivity contribution is 5.79. The Bertz CT molecular complexity index is 270. The van der Waals surface area contributed by atoms with Crippen molar-refractivity contribution in [2.24, 2.45) is 11.8 Å². The minimum atomic E-state index is 0.293. The van der Waals surface area contributed by atoms with Gasteiger partial charge >= 0.3 is 0 Å². The first-order chi connectivity index (χ1) is 8.74. The Morgan fingerprint density at radius 2 is 1.94 bits per heavy atom. The van der Waals surface area contributed by atoms with E-state index in [1.807, 2.05) is 7.05 Å². The first-order valence-corrected chi connectivity index (χ1v) is 7.40. The Kier molecular flexibility index (Phi) is 5.01. The first kappa shape index (κ1) is 13.8. The molecule has 2 aliphatic rings. The van der Waals surface area contributed by atoms with Crippen LogP contribution in [-0.4, -0.2) is 62.0 Å². The molecule has 2 fully saturated rings. The molecule has 1 unspecified atom stereocenters. The van der Waals surface area contributed by atoms with Crippen molar-refractivity contribution in [2.45, 2.75) is 26.2 Å². The lowest BCUT2D eigenvalue weighted by Gasteiger charge is -2.32. The van der Waals surface area contributed by atoms with Crippen LogP contribution >= 0.6 is 0 Å². The summed E-state index contributed by atoms with van der Waals surface area (Å²) in [5.74, 6) is 1.38. The monoisotopic (exact) mass is 253 g/mol. The maximum Gasteiger partial charge on any atom is 0.225 e. The molecular weight excluding hydrogens is 226 g/mol. The number of likely N-dealkylation sites (tertiary alicyclic amines) is 2. The molecule has 2 aliphatic heterocycles. The minimum Gasteiger partial charge on any atom is -0.342 e. The molecule has 1 amide bonds. The fourth-order valence-corrected chi connectivity index (χ4v) is 3.24. The van der Waals surface area contributed by atoms with Crippen molar-refractivity contribution in [3.05, 3.63) is 0 Å². The molecule has 0 radical (unpaired) electrons. The summed E-state index contributed by atoms with van der Waals surface area (Å²) in [6, 6.07) is 0. The van der Waals surface area contributed by atoms with Gasteiger partial charge in [0.1, 0.15) is 0 Å². The van der Waals surface area contributed by atoms with Crippen molar-refractivity contribution in [1.82, 2.24) is 15.1 Å². The summed E-state index contributed by atoms with van der Waals surface area (Å²) in [5.41, 5.74) is 0. The molecule has 0 spiro atoms. The highest BCUT2D eigenvalue weighted by atomic mass is 16.2. The van der Waals surface area contributed by atoms with Crippen LogP contribution in [0.2, 0.25) is 0 Å². The predicted octanol–water partition coefficient (Wildman–Crippen LogP) is 0.786. The fraction of sp³-hybridized carbons (Fsp3) is 0.929. The molecule has 0 aromatic heterocycles. The number of rotatable bonds is 4. The SMILES string of the molecule is CCN1CCC(C(=O)N2CCC(CNC)C2)CC1. The van der Waals surface area contributed by atoms with Crippen LogP contribution in [0.4, 0.5) is 0 Å². The molecule has 0 saturated carbocycles. The number of carbonyl (C=O) groups is 1. The van der Waals surface area contributed by atoms with Crippen LogP contribution in [0.5, 0.6) is 0 Å². The molecule has 0 aromatic carbocycles. The van der Waals surface area contributed by atoms with Crippen molar-refractivity contribution in [2.75, 3.05) is 46.3 Å². The fourth-order valence-electron chi connectivity index (χ4n) is 3.24. The van der Waals surface area contributed by atoms with Gasteiger partial charge in [-0.05, 0) is 58.4 Å². The molecule has 2 rings (SSSR count). The lowest BCUT2D eigenvalue weighted by molar-refractivity contribution is -0.136. The average Bonchev–Trinajstić information content (AvgIpc) is 2.87. The van der Waals surface area contributed by atoms with E-state index in [0.29, 0.717) is 17.7 Å². The number of nitrogens with zero attached hydrogens (tertiary/aromatic N) is 2. The molecule has 2 heterocycles. The Hall–Kier alpha value is -0.610. The average molecular weight is 253 g/mol. The standard InChI is InChI=1S/C14H27N3O/c1-3-16-7-5-13(6-8-16)14(18)17-9-4-12(11-17)10-15-2/h12-13,15H,3-11H2,1-2H3. The zero-order valence-corrected chi connectivity index (χ0v) is 11.8. The van der Waals surface area contributed by atoms with Gasteiger partial charge in [0.05, 0.1) is 0 Å². The summed E-state index contributed by atoms with van der Waals surface area (Å²) in [7, 11) is 1.99. The van der Waals surface area contributed by atoms with Crippen LogP contribution < -0.4 is 5.32 Å². The molecule has 0 bridgehead atoms. The topological polar surface area (TPSA) is 35.6 Å². The summed E-state index contributed by atoms with van der Waals surface area (Å²) in [4.78, 5) is 17.0. The number of hydrogen-bond donors (Lipinski definition) is 1. The second kappa shape index (κ2) is 6.53. The zero-order valence-electron chi connectivity index (χ0n) is 11.8. The molecule has 104 valence electrons. The van der Waals surface area contributed by atoms with Gasteiger partial charge in [-0.25, -0.2) is 0 Å². The van der Waals surface area contributed by atoms with E-state index in [2.05, 4.69) is 22.0 Å². The van der Waals surface area contributed by atoms with Crippen LogP contribution in [0.15, 0.2) is 0 Å². The third-order valence-electron chi connectivity index (χ3n) is 4.47. The smallest absolute Gasteiger partial charge is 0.225 e. The summed E-state index contributed by atoms with van der Waals surface area (Å²) in [6.07, 6.45) is 3.28. The van der Waals surface area contributed by atoms with Crippen molar-refractivity contribution in [3.63, 3.8) is 0 Å². The van der Waals surface area contributed by atoms with E-state index in [1.165, 1.54) is 6.42 Å². The predicted molar refractivity (Wildman–Crippen MR) is 73.5 cm³/mol. The van der Waals surface area contributed by atoms with E-state index in [4.69, 9.17) is 0 Å². The van der Waals surface area contributed by atoms with Crippen molar-refractivity contribution in [1.29, 1.82) is 0 Å². The van der Waals surface area contributed by atoms with E-state index in [-0.39, 0.29) is 0 Å². The molecule has 4 heteroatoms. The molecule has 1 N–H and O–H groups in total. The second-order valence-corrected chi connectivity index (χ2v) is 5.71. The van der Waals surface area contributed by atoms with Gasteiger partial charge in [0.15, 0.2) is 0 Å². The zero-order chi connectivity index (χ0) is 13.0. The van der Waals surface area contributed by atoms with Gasteiger partial charge in [-0.15, -0.1) is 0 Å². The summed E-state index contributed by atoms with van der Waals surface area (Å²) in [5, 5.41) is 3.22. The Morgan fingerprint density at radius 3 is 2.56 bits per heavy atom. The summed E-state index contributed by atoms with van der Waals surface area (Å²) >= 11 is 0. The molecule has 0 aliphatic carbocycles.